The third-order valence-corrected chi connectivity index (χ3v) is 3.72. The standard InChI is InChI=1S/C13H13N3O6S/c1-22-12-5-8(14)13(23(19,20)21)6-10(12)16-15-9-3-2-7(17)4-11(9)18/h2-6,17-18H,14H2,1H3,(H,19,20,21). The van der Waals surface area contributed by atoms with Gasteiger partial charge in [-0.25, -0.2) is 0 Å². The highest BCUT2D eigenvalue weighted by Gasteiger charge is 2.18. The topological polar surface area (TPSA) is 155 Å². The van der Waals surface area contributed by atoms with Gasteiger partial charge in [0.2, 0.25) is 0 Å². The maximum absolute atomic E-state index is 11.3. The number of aromatic hydroxyl groups is 2. The molecule has 0 aliphatic rings. The lowest BCUT2D eigenvalue weighted by Gasteiger charge is -2.08. The molecule has 0 spiro atoms. The summed E-state index contributed by atoms with van der Waals surface area (Å²) < 4.78 is 36.7. The number of phenolic OH excluding ortho intramolecular Hbond substituents is 2. The molecule has 0 radical (unpaired) electrons. The van der Waals surface area contributed by atoms with E-state index in [-0.39, 0.29) is 34.3 Å². The number of nitrogens with zero attached hydrogens (tertiary/aromatic N) is 2. The number of phenols is 2. The minimum atomic E-state index is -4.54. The first-order valence-corrected chi connectivity index (χ1v) is 7.55. The van der Waals surface area contributed by atoms with Crippen LogP contribution in [-0.2, 0) is 10.1 Å². The minimum absolute atomic E-state index is 0.0261. The number of benzene rings is 2. The average Bonchev–Trinajstić information content (AvgIpc) is 2.45. The van der Waals surface area contributed by atoms with Crippen LogP contribution in [0.4, 0.5) is 17.1 Å². The fourth-order valence-electron chi connectivity index (χ4n) is 1.73. The van der Waals surface area contributed by atoms with Crippen molar-refractivity contribution in [3.8, 4) is 17.2 Å². The lowest BCUT2D eigenvalue weighted by molar-refractivity contribution is 0.415. The highest BCUT2D eigenvalue weighted by atomic mass is 32.2. The Kier molecular flexibility index (Phi) is 4.38. The molecule has 0 aliphatic heterocycles. The number of nitrogens with two attached hydrogens (primary N) is 1. The number of hydrogen-bond donors (Lipinski definition) is 4. The van der Waals surface area contributed by atoms with Crippen molar-refractivity contribution in [1.29, 1.82) is 0 Å². The van der Waals surface area contributed by atoms with Gasteiger partial charge >= 0.3 is 0 Å². The molecule has 0 heterocycles. The van der Waals surface area contributed by atoms with Crippen LogP contribution in [-0.4, -0.2) is 30.3 Å². The Balaban J connectivity index is 2.52. The molecule has 0 amide bonds. The van der Waals surface area contributed by atoms with E-state index in [2.05, 4.69) is 10.2 Å². The summed E-state index contributed by atoms with van der Waals surface area (Å²) in [5, 5.41) is 26.3. The number of anilines is 1. The molecule has 0 aromatic heterocycles. The summed E-state index contributed by atoms with van der Waals surface area (Å²) in [6.07, 6.45) is 0. The predicted octanol–water partition coefficient (Wildman–Crippen LogP) is 2.35. The van der Waals surface area contributed by atoms with E-state index in [1.165, 1.54) is 25.3 Å². The Morgan fingerprint density at radius 3 is 2.30 bits per heavy atom. The summed E-state index contributed by atoms with van der Waals surface area (Å²) in [4.78, 5) is -0.540. The van der Waals surface area contributed by atoms with Crippen molar-refractivity contribution in [3.05, 3.63) is 30.3 Å². The molecule has 10 heteroatoms. The average molecular weight is 339 g/mol. The van der Waals surface area contributed by atoms with Crippen LogP contribution in [0.15, 0.2) is 45.5 Å². The largest absolute Gasteiger partial charge is 0.508 e. The normalized spacial score (nSPS) is 11.7. The monoisotopic (exact) mass is 339 g/mol. The van der Waals surface area contributed by atoms with E-state index in [4.69, 9.17) is 15.0 Å². The van der Waals surface area contributed by atoms with Crippen molar-refractivity contribution in [2.24, 2.45) is 10.2 Å². The van der Waals surface area contributed by atoms with Gasteiger partial charge in [-0.15, -0.1) is 10.2 Å². The summed E-state index contributed by atoms with van der Waals surface area (Å²) in [5.41, 5.74) is 5.34. The molecule has 0 aliphatic carbocycles. The molecule has 0 fully saturated rings. The third-order valence-electron chi connectivity index (χ3n) is 2.81. The summed E-state index contributed by atoms with van der Waals surface area (Å²) in [7, 11) is -3.22. The molecule has 0 saturated carbocycles. The molecule has 5 N–H and O–H groups in total. The zero-order valence-electron chi connectivity index (χ0n) is 11.8. The van der Waals surface area contributed by atoms with Gasteiger partial charge in [0.15, 0.2) is 0 Å². The number of methoxy groups -OCH3 is 1. The van der Waals surface area contributed by atoms with Crippen LogP contribution in [0.3, 0.4) is 0 Å². The summed E-state index contributed by atoms with van der Waals surface area (Å²) in [6.45, 7) is 0. The second kappa shape index (κ2) is 6.10. The van der Waals surface area contributed by atoms with E-state index in [0.29, 0.717) is 0 Å². The number of azo groups is 1. The van der Waals surface area contributed by atoms with Gasteiger partial charge in [0.05, 0.1) is 12.8 Å². The Morgan fingerprint density at radius 1 is 1.09 bits per heavy atom. The first kappa shape index (κ1) is 16.5. The van der Waals surface area contributed by atoms with Crippen LogP contribution in [0.25, 0.3) is 0 Å². The van der Waals surface area contributed by atoms with E-state index in [1.807, 2.05) is 0 Å². The lowest BCUT2D eigenvalue weighted by atomic mass is 10.2. The molecule has 23 heavy (non-hydrogen) atoms. The molecule has 9 nitrogen and oxygen atoms in total. The van der Waals surface area contributed by atoms with Gasteiger partial charge in [-0.2, -0.15) is 8.42 Å². The first-order chi connectivity index (χ1) is 10.7. The SMILES string of the molecule is COc1cc(N)c(S(=O)(=O)O)cc1N=Nc1ccc(O)cc1O. The molecular weight excluding hydrogens is 326 g/mol. The van der Waals surface area contributed by atoms with Crippen LogP contribution in [0.1, 0.15) is 0 Å². The summed E-state index contributed by atoms with van der Waals surface area (Å²) in [5.74, 6) is -0.352. The third kappa shape index (κ3) is 3.67. The second-order valence-corrected chi connectivity index (χ2v) is 5.80. The van der Waals surface area contributed by atoms with E-state index >= 15 is 0 Å². The Bertz CT molecular complexity index is 880. The maximum Gasteiger partial charge on any atom is 0.296 e. The van der Waals surface area contributed by atoms with Crippen molar-refractivity contribution in [2.75, 3.05) is 12.8 Å². The van der Waals surface area contributed by atoms with Crippen LogP contribution >= 0.6 is 0 Å². The van der Waals surface area contributed by atoms with Crippen molar-refractivity contribution >= 4 is 27.2 Å². The number of hydrogen-bond acceptors (Lipinski definition) is 8. The van der Waals surface area contributed by atoms with Crippen LogP contribution in [0, 0.1) is 0 Å². The summed E-state index contributed by atoms with van der Waals surface area (Å²) in [6, 6.07) is 5.83. The molecule has 2 aromatic carbocycles. The van der Waals surface area contributed by atoms with Crippen LogP contribution < -0.4 is 10.5 Å². The zero-order chi connectivity index (χ0) is 17.2. The lowest BCUT2D eigenvalue weighted by Crippen LogP contribution is -2.03. The predicted molar refractivity (Wildman–Crippen MR) is 81.2 cm³/mol. The quantitative estimate of drug-likeness (QED) is 0.378. The van der Waals surface area contributed by atoms with Gasteiger partial charge in [0.25, 0.3) is 10.1 Å². The molecule has 2 aromatic rings. The minimum Gasteiger partial charge on any atom is -0.508 e. The molecule has 2 rings (SSSR count). The van der Waals surface area contributed by atoms with Gasteiger partial charge in [0, 0.05) is 12.1 Å². The number of ether oxygens (including phenoxy) is 1. The molecule has 0 bridgehead atoms. The Labute approximate surface area is 131 Å². The van der Waals surface area contributed by atoms with Gasteiger partial charge in [-0.1, -0.05) is 0 Å². The molecule has 0 unspecified atom stereocenters. The van der Waals surface area contributed by atoms with Crippen molar-refractivity contribution in [2.45, 2.75) is 4.90 Å². The molecule has 122 valence electrons. The smallest absolute Gasteiger partial charge is 0.296 e. The highest BCUT2D eigenvalue weighted by Crippen LogP contribution is 2.37. The Hall–Kier alpha value is -2.85. The van der Waals surface area contributed by atoms with E-state index in [0.717, 1.165) is 12.1 Å². The molecule has 0 atom stereocenters. The molecule has 0 saturated heterocycles. The van der Waals surface area contributed by atoms with Crippen LogP contribution in [0.2, 0.25) is 0 Å². The molecular formula is C13H13N3O6S. The Morgan fingerprint density at radius 2 is 1.74 bits per heavy atom. The fraction of sp³-hybridized carbons (Fsp3) is 0.0769. The van der Waals surface area contributed by atoms with E-state index < -0.39 is 15.0 Å². The van der Waals surface area contributed by atoms with E-state index in [9.17, 15) is 18.6 Å². The van der Waals surface area contributed by atoms with Crippen molar-refractivity contribution < 1.29 is 27.9 Å². The van der Waals surface area contributed by atoms with Gasteiger partial charge in [0.1, 0.15) is 33.5 Å². The highest BCUT2D eigenvalue weighted by molar-refractivity contribution is 7.86. The number of rotatable bonds is 4. The summed E-state index contributed by atoms with van der Waals surface area (Å²) >= 11 is 0. The van der Waals surface area contributed by atoms with Gasteiger partial charge in [-0.05, 0) is 18.2 Å². The van der Waals surface area contributed by atoms with Gasteiger partial charge in [-0.3, -0.25) is 4.55 Å². The first-order valence-electron chi connectivity index (χ1n) is 6.11. The van der Waals surface area contributed by atoms with Crippen molar-refractivity contribution in [1.82, 2.24) is 0 Å². The zero-order valence-corrected chi connectivity index (χ0v) is 12.6. The maximum atomic E-state index is 11.3. The van der Waals surface area contributed by atoms with Crippen molar-refractivity contribution in [3.63, 3.8) is 0 Å². The number of nitrogen functional groups attached to an aromatic ring is 1. The van der Waals surface area contributed by atoms with Crippen LogP contribution in [0.5, 0.6) is 17.2 Å². The van der Waals surface area contributed by atoms with Gasteiger partial charge < -0.3 is 20.7 Å². The fourth-order valence-corrected chi connectivity index (χ4v) is 2.35. The second-order valence-electron chi connectivity index (χ2n) is 4.41. The van der Waals surface area contributed by atoms with E-state index in [1.54, 1.807) is 0 Å².